The van der Waals surface area contributed by atoms with E-state index in [0.717, 1.165) is 18.9 Å². The summed E-state index contributed by atoms with van der Waals surface area (Å²) in [4.78, 5) is 4.50. The van der Waals surface area contributed by atoms with Crippen molar-refractivity contribution in [1.29, 1.82) is 0 Å². The lowest BCUT2D eigenvalue weighted by atomic mass is 9.84. The van der Waals surface area contributed by atoms with E-state index in [0.29, 0.717) is 23.5 Å². The third-order valence-electron chi connectivity index (χ3n) is 3.73. The minimum Gasteiger partial charge on any atom is -0.461 e. The summed E-state index contributed by atoms with van der Waals surface area (Å²) in [5.74, 6) is 2.26. The van der Waals surface area contributed by atoms with Gasteiger partial charge in [0.05, 0.1) is 12.2 Å². The van der Waals surface area contributed by atoms with E-state index in [-0.39, 0.29) is 0 Å². The van der Waals surface area contributed by atoms with Gasteiger partial charge in [0.2, 0.25) is 11.7 Å². The fourth-order valence-electron chi connectivity index (χ4n) is 2.82. The van der Waals surface area contributed by atoms with Crippen LogP contribution >= 0.6 is 0 Å². The number of nitrogens with zero attached hydrogens (tertiary/aromatic N) is 2. The molecule has 0 radical (unpaired) electrons. The molecule has 2 aromatic rings. The fraction of sp³-hybridized carbons (Fsp3) is 0.571. The summed E-state index contributed by atoms with van der Waals surface area (Å²) < 4.78 is 10.7. The SMILES string of the molecule is CCNC1CCCCC1c1nc(-c2ccco2)no1. The van der Waals surface area contributed by atoms with Crippen molar-refractivity contribution in [3.63, 3.8) is 0 Å². The molecular weight excluding hydrogens is 242 g/mol. The number of hydrogen-bond donors (Lipinski definition) is 1. The van der Waals surface area contributed by atoms with E-state index in [2.05, 4.69) is 22.4 Å². The number of likely N-dealkylation sites (N-methyl/N-ethyl adjacent to an activating group) is 1. The van der Waals surface area contributed by atoms with Gasteiger partial charge >= 0.3 is 0 Å². The van der Waals surface area contributed by atoms with Crippen molar-refractivity contribution in [2.45, 2.75) is 44.6 Å². The average Bonchev–Trinajstić information content (AvgIpc) is 3.11. The molecule has 2 aromatic heterocycles. The van der Waals surface area contributed by atoms with Crippen molar-refractivity contribution in [2.24, 2.45) is 0 Å². The maximum Gasteiger partial charge on any atom is 0.238 e. The van der Waals surface area contributed by atoms with Gasteiger partial charge < -0.3 is 14.3 Å². The Labute approximate surface area is 112 Å². The predicted octanol–water partition coefficient (Wildman–Crippen LogP) is 2.97. The van der Waals surface area contributed by atoms with Crippen LogP contribution in [0, 0.1) is 0 Å². The Morgan fingerprint density at radius 3 is 3.05 bits per heavy atom. The van der Waals surface area contributed by atoms with E-state index in [1.54, 1.807) is 6.26 Å². The Morgan fingerprint density at radius 1 is 1.37 bits per heavy atom. The second-order valence-electron chi connectivity index (χ2n) is 4.99. The van der Waals surface area contributed by atoms with Gasteiger partial charge in [0.1, 0.15) is 0 Å². The van der Waals surface area contributed by atoms with E-state index in [1.165, 1.54) is 19.3 Å². The van der Waals surface area contributed by atoms with Crippen LogP contribution in [0.3, 0.4) is 0 Å². The average molecular weight is 261 g/mol. The highest BCUT2D eigenvalue weighted by molar-refractivity contribution is 5.44. The second-order valence-corrected chi connectivity index (χ2v) is 4.99. The Kier molecular flexibility index (Phi) is 3.64. The third kappa shape index (κ3) is 2.56. The Morgan fingerprint density at radius 2 is 2.26 bits per heavy atom. The molecule has 1 aliphatic carbocycles. The molecular formula is C14H19N3O2. The van der Waals surface area contributed by atoms with Gasteiger partial charge in [-0.2, -0.15) is 4.98 Å². The summed E-state index contributed by atoms with van der Waals surface area (Å²) in [5, 5.41) is 7.55. The van der Waals surface area contributed by atoms with Crippen LogP contribution < -0.4 is 5.32 Å². The Bertz CT molecular complexity index is 505. The molecule has 3 rings (SSSR count). The van der Waals surface area contributed by atoms with Crippen molar-refractivity contribution in [2.75, 3.05) is 6.54 Å². The monoisotopic (exact) mass is 261 g/mol. The molecule has 0 spiro atoms. The maximum atomic E-state index is 5.44. The summed E-state index contributed by atoms with van der Waals surface area (Å²) in [6.45, 7) is 3.11. The van der Waals surface area contributed by atoms with Gasteiger partial charge in [0.25, 0.3) is 0 Å². The first-order chi connectivity index (χ1) is 9.38. The van der Waals surface area contributed by atoms with Gasteiger partial charge in [-0.25, -0.2) is 0 Å². The van der Waals surface area contributed by atoms with Crippen LogP contribution in [0.1, 0.15) is 44.4 Å². The van der Waals surface area contributed by atoms with Crippen molar-refractivity contribution >= 4 is 0 Å². The highest BCUT2D eigenvalue weighted by Crippen LogP contribution is 2.33. The molecule has 1 fully saturated rings. The van der Waals surface area contributed by atoms with Gasteiger partial charge in [-0.3, -0.25) is 0 Å². The topological polar surface area (TPSA) is 64.1 Å². The van der Waals surface area contributed by atoms with E-state index < -0.39 is 0 Å². The van der Waals surface area contributed by atoms with Crippen molar-refractivity contribution in [1.82, 2.24) is 15.5 Å². The summed E-state index contributed by atoms with van der Waals surface area (Å²) in [6.07, 6.45) is 6.40. The lowest BCUT2D eigenvalue weighted by Crippen LogP contribution is -2.37. The first-order valence-corrected chi connectivity index (χ1v) is 6.99. The van der Waals surface area contributed by atoms with E-state index in [1.807, 2.05) is 12.1 Å². The molecule has 2 heterocycles. The molecule has 1 N–H and O–H groups in total. The zero-order valence-electron chi connectivity index (χ0n) is 11.1. The second kappa shape index (κ2) is 5.57. The molecule has 1 saturated carbocycles. The van der Waals surface area contributed by atoms with Crippen LogP contribution in [0.15, 0.2) is 27.3 Å². The summed E-state index contributed by atoms with van der Waals surface area (Å²) in [7, 11) is 0. The van der Waals surface area contributed by atoms with Crippen LogP contribution in [0.25, 0.3) is 11.6 Å². The van der Waals surface area contributed by atoms with Crippen LogP contribution in [0.2, 0.25) is 0 Å². The first kappa shape index (κ1) is 12.4. The molecule has 0 saturated heterocycles. The lowest BCUT2D eigenvalue weighted by molar-refractivity contribution is 0.265. The molecule has 5 nitrogen and oxygen atoms in total. The van der Waals surface area contributed by atoms with Crippen molar-refractivity contribution in [3.8, 4) is 11.6 Å². The highest BCUT2D eigenvalue weighted by atomic mass is 16.5. The third-order valence-corrected chi connectivity index (χ3v) is 3.73. The van der Waals surface area contributed by atoms with Crippen molar-refractivity contribution in [3.05, 3.63) is 24.3 Å². The molecule has 0 amide bonds. The normalized spacial score (nSPS) is 23.6. The summed E-state index contributed by atoms with van der Waals surface area (Å²) >= 11 is 0. The number of furan rings is 1. The highest BCUT2D eigenvalue weighted by Gasteiger charge is 2.30. The number of aromatic nitrogens is 2. The van der Waals surface area contributed by atoms with E-state index in [4.69, 9.17) is 8.94 Å². The molecule has 19 heavy (non-hydrogen) atoms. The van der Waals surface area contributed by atoms with Gasteiger partial charge in [0, 0.05) is 6.04 Å². The van der Waals surface area contributed by atoms with E-state index >= 15 is 0 Å². The van der Waals surface area contributed by atoms with Gasteiger partial charge in [0.15, 0.2) is 5.76 Å². The zero-order valence-corrected chi connectivity index (χ0v) is 11.1. The smallest absolute Gasteiger partial charge is 0.238 e. The largest absolute Gasteiger partial charge is 0.461 e. The number of hydrogen-bond acceptors (Lipinski definition) is 5. The van der Waals surface area contributed by atoms with Gasteiger partial charge in [-0.15, -0.1) is 0 Å². The molecule has 1 aliphatic rings. The van der Waals surface area contributed by atoms with E-state index in [9.17, 15) is 0 Å². The molecule has 2 unspecified atom stereocenters. The van der Waals surface area contributed by atoms with Gasteiger partial charge in [-0.1, -0.05) is 24.9 Å². The first-order valence-electron chi connectivity index (χ1n) is 6.99. The zero-order chi connectivity index (χ0) is 13.1. The van der Waals surface area contributed by atoms with Gasteiger partial charge in [-0.05, 0) is 31.5 Å². The lowest BCUT2D eigenvalue weighted by Gasteiger charge is -2.29. The standard InChI is InChI=1S/C14H19N3O2/c1-2-15-11-7-4-3-6-10(11)14-16-13(17-19-14)12-8-5-9-18-12/h5,8-11,15H,2-4,6-7H2,1H3. The van der Waals surface area contributed by atoms with Crippen LogP contribution in [0.5, 0.6) is 0 Å². The Balaban J connectivity index is 1.80. The van der Waals surface area contributed by atoms with Crippen LogP contribution in [0.4, 0.5) is 0 Å². The van der Waals surface area contributed by atoms with Crippen LogP contribution in [-0.4, -0.2) is 22.7 Å². The summed E-state index contributed by atoms with van der Waals surface area (Å²) in [6, 6.07) is 4.12. The van der Waals surface area contributed by atoms with Crippen molar-refractivity contribution < 1.29 is 8.94 Å². The quantitative estimate of drug-likeness (QED) is 0.916. The summed E-state index contributed by atoms with van der Waals surface area (Å²) in [5.41, 5.74) is 0. The van der Waals surface area contributed by atoms with Crippen LogP contribution in [-0.2, 0) is 0 Å². The minimum absolute atomic E-state index is 0.324. The molecule has 5 heteroatoms. The predicted molar refractivity (Wildman–Crippen MR) is 70.7 cm³/mol. The number of rotatable bonds is 4. The Hall–Kier alpha value is -1.62. The fourth-order valence-corrected chi connectivity index (χ4v) is 2.82. The number of nitrogens with one attached hydrogen (secondary N) is 1. The molecule has 0 aliphatic heterocycles. The molecule has 0 bridgehead atoms. The molecule has 102 valence electrons. The molecule has 2 atom stereocenters. The molecule has 0 aromatic carbocycles. The minimum atomic E-state index is 0.324. The maximum absolute atomic E-state index is 5.44.